The summed E-state index contributed by atoms with van der Waals surface area (Å²) in [4.78, 5) is 4.36. The molecule has 0 saturated heterocycles. The van der Waals surface area contributed by atoms with E-state index >= 15 is 0 Å². The molecule has 0 amide bonds. The van der Waals surface area contributed by atoms with Gasteiger partial charge in [0.05, 0.1) is 10.9 Å². The fourth-order valence-corrected chi connectivity index (χ4v) is 3.69. The minimum atomic E-state index is -2.55. The molecule has 1 aromatic heterocycles. The first-order valence-corrected chi connectivity index (χ1v) is 9.04. The van der Waals surface area contributed by atoms with Crippen LogP contribution in [0.1, 0.15) is 57.2 Å². The third-order valence-electron chi connectivity index (χ3n) is 5.05. The lowest BCUT2D eigenvalue weighted by Gasteiger charge is -2.17. The van der Waals surface area contributed by atoms with Gasteiger partial charge in [0.1, 0.15) is 11.6 Å². The van der Waals surface area contributed by atoms with Crippen LogP contribution in [-0.4, -0.2) is 11.0 Å². The van der Waals surface area contributed by atoms with E-state index in [9.17, 15) is 14.0 Å². The largest absolute Gasteiger partial charge is 0.322 e. The van der Waals surface area contributed by atoms with Crippen LogP contribution in [0.25, 0.3) is 5.57 Å². The van der Waals surface area contributed by atoms with Gasteiger partial charge in [-0.05, 0) is 32.3 Å². The summed E-state index contributed by atoms with van der Waals surface area (Å²) >= 11 is 0. The lowest BCUT2D eigenvalue weighted by molar-refractivity contribution is 0.186. The Kier molecular flexibility index (Phi) is 5.22. The highest BCUT2D eigenvalue weighted by atomic mass is 19.3. The molecule has 0 saturated carbocycles. The fourth-order valence-electron chi connectivity index (χ4n) is 3.69. The van der Waals surface area contributed by atoms with Crippen LogP contribution in [0.3, 0.4) is 0 Å². The number of nitriles is 1. The Morgan fingerprint density at radius 3 is 2.69 bits per heavy atom. The number of hydrogen-bond acceptors (Lipinski definition) is 2. The van der Waals surface area contributed by atoms with Crippen molar-refractivity contribution in [2.24, 2.45) is 4.99 Å². The minimum absolute atomic E-state index is 0.0271. The number of fused-ring (bicyclic) bond motifs is 1. The van der Waals surface area contributed by atoms with Gasteiger partial charge in [-0.15, -0.1) is 0 Å². The van der Waals surface area contributed by atoms with Gasteiger partial charge in [0.15, 0.2) is 0 Å². The number of hydrogen-bond donors (Lipinski definition) is 0. The van der Waals surface area contributed by atoms with Crippen molar-refractivity contribution in [3.8, 4) is 6.07 Å². The second-order valence-electron chi connectivity index (χ2n) is 6.97. The van der Waals surface area contributed by atoms with Crippen molar-refractivity contribution in [2.75, 3.05) is 0 Å². The number of rotatable bonds is 4. The summed E-state index contributed by atoms with van der Waals surface area (Å²) in [6.45, 7) is 6.25. The van der Waals surface area contributed by atoms with Gasteiger partial charge < -0.3 is 4.57 Å². The van der Waals surface area contributed by atoms with Gasteiger partial charge in [0, 0.05) is 29.8 Å². The first-order valence-electron chi connectivity index (χ1n) is 9.04. The highest BCUT2D eigenvalue weighted by Gasteiger charge is 2.25. The molecule has 3 rings (SSSR count). The molecular weight excluding hydrogens is 332 g/mol. The molecule has 136 valence electrons. The van der Waals surface area contributed by atoms with E-state index in [-0.39, 0.29) is 18.0 Å². The standard InChI is InChI=1S/C21H23F2N3/c1-4-5-14(3)26-19(15-8-6-13(2)7-9-15)18(11-24)17-10-16(20(22)23)12-25-21(17)26/h6-8,12,14,20H,4-5,9-10H2,1-3H3. The predicted octanol–water partition coefficient (Wildman–Crippen LogP) is 4.10. The zero-order valence-electron chi connectivity index (χ0n) is 15.4. The Morgan fingerprint density at radius 1 is 1.35 bits per heavy atom. The quantitative estimate of drug-likeness (QED) is 0.801. The molecule has 5 heteroatoms. The summed E-state index contributed by atoms with van der Waals surface area (Å²) in [5.74, 6) is 0. The van der Waals surface area contributed by atoms with E-state index in [1.807, 2.05) is 19.1 Å². The summed E-state index contributed by atoms with van der Waals surface area (Å²) in [6.07, 6.45) is 7.66. The molecule has 1 aromatic rings. The monoisotopic (exact) mass is 355 g/mol. The fraction of sp³-hybridized carbons (Fsp3) is 0.429. The number of nitrogens with zero attached hydrogens (tertiary/aromatic N) is 3. The van der Waals surface area contributed by atoms with Crippen molar-refractivity contribution in [2.45, 2.75) is 58.9 Å². The molecule has 0 spiro atoms. The molecule has 0 aromatic carbocycles. The van der Waals surface area contributed by atoms with Gasteiger partial charge in [0.25, 0.3) is 6.43 Å². The van der Waals surface area contributed by atoms with E-state index in [1.54, 1.807) is 0 Å². The topological polar surface area (TPSA) is 41.1 Å². The molecule has 2 aliphatic rings. The molecule has 0 bridgehead atoms. The molecule has 0 N–H and O–H groups in total. The van der Waals surface area contributed by atoms with Crippen LogP contribution in [0.15, 0.2) is 40.6 Å². The number of halogens is 2. The Morgan fingerprint density at radius 2 is 2.12 bits per heavy atom. The van der Waals surface area contributed by atoms with Crippen molar-refractivity contribution >= 4 is 5.57 Å². The Bertz CT molecular complexity index is 968. The number of alkyl halides is 2. The summed E-state index contributed by atoms with van der Waals surface area (Å²) in [7, 11) is 0. The number of aromatic nitrogens is 1. The zero-order valence-corrected chi connectivity index (χ0v) is 15.4. The van der Waals surface area contributed by atoms with E-state index in [4.69, 9.17) is 0 Å². The van der Waals surface area contributed by atoms with Crippen molar-refractivity contribution in [3.63, 3.8) is 0 Å². The molecule has 0 radical (unpaired) electrons. The van der Waals surface area contributed by atoms with Crippen molar-refractivity contribution < 1.29 is 8.78 Å². The van der Waals surface area contributed by atoms with E-state index in [0.717, 1.165) is 30.2 Å². The smallest absolute Gasteiger partial charge is 0.262 e. The third kappa shape index (κ3) is 3.16. The van der Waals surface area contributed by atoms with Gasteiger partial charge in [-0.25, -0.2) is 13.8 Å². The highest BCUT2D eigenvalue weighted by molar-refractivity contribution is 5.64. The van der Waals surface area contributed by atoms with Gasteiger partial charge in [0.2, 0.25) is 0 Å². The average Bonchev–Trinajstić information content (AvgIpc) is 2.96. The van der Waals surface area contributed by atoms with E-state index in [2.05, 4.69) is 35.6 Å². The summed E-state index contributed by atoms with van der Waals surface area (Å²) < 4.78 is 28.5. The van der Waals surface area contributed by atoms with E-state index < -0.39 is 6.43 Å². The molecule has 1 aliphatic carbocycles. The molecule has 1 unspecified atom stereocenters. The van der Waals surface area contributed by atoms with Gasteiger partial charge in [-0.3, -0.25) is 0 Å². The zero-order chi connectivity index (χ0) is 18.8. The van der Waals surface area contributed by atoms with Gasteiger partial charge in [-0.1, -0.05) is 37.1 Å². The van der Waals surface area contributed by atoms with E-state index in [1.165, 1.54) is 11.8 Å². The van der Waals surface area contributed by atoms with Crippen LogP contribution in [0.4, 0.5) is 8.78 Å². The molecule has 1 aliphatic heterocycles. The van der Waals surface area contributed by atoms with Crippen molar-refractivity contribution in [3.05, 3.63) is 57.5 Å². The average molecular weight is 355 g/mol. The predicted molar refractivity (Wildman–Crippen MR) is 98.3 cm³/mol. The second kappa shape index (κ2) is 7.41. The maximum absolute atomic E-state index is 13.2. The van der Waals surface area contributed by atoms with Crippen LogP contribution < -0.4 is 10.8 Å². The summed E-state index contributed by atoms with van der Waals surface area (Å²) in [5.41, 5.74) is 3.98. The molecule has 0 fully saturated rings. The van der Waals surface area contributed by atoms with Crippen LogP contribution in [0, 0.1) is 11.3 Å². The normalized spacial score (nSPS) is 19.4. The maximum atomic E-state index is 13.2. The van der Waals surface area contributed by atoms with Crippen molar-refractivity contribution in [1.29, 1.82) is 5.26 Å². The van der Waals surface area contributed by atoms with E-state index in [0.29, 0.717) is 16.6 Å². The Hall–Kier alpha value is -2.48. The molecular formula is C21H23F2N3. The van der Waals surface area contributed by atoms with Crippen LogP contribution in [-0.2, 0) is 6.42 Å². The first kappa shape index (κ1) is 18.3. The van der Waals surface area contributed by atoms with Gasteiger partial charge in [-0.2, -0.15) is 5.26 Å². The lowest BCUT2D eigenvalue weighted by Crippen LogP contribution is -2.33. The molecule has 26 heavy (non-hydrogen) atoms. The SMILES string of the molecule is CCCC(C)n1c2c(c(C#N)c1=C1C=CC(C)=CC1)CC(C(F)F)=CN=2. The summed E-state index contributed by atoms with van der Waals surface area (Å²) in [5, 5.41) is 10.7. The number of allylic oxidation sites excluding steroid dienone is 5. The van der Waals surface area contributed by atoms with Crippen LogP contribution in [0.2, 0.25) is 0 Å². The van der Waals surface area contributed by atoms with Crippen molar-refractivity contribution in [1.82, 2.24) is 4.57 Å². The van der Waals surface area contributed by atoms with Gasteiger partial charge >= 0.3 is 0 Å². The minimum Gasteiger partial charge on any atom is -0.322 e. The maximum Gasteiger partial charge on any atom is 0.262 e. The molecule has 1 atom stereocenters. The molecule has 2 heterocycles. The summed E-state index contributed by atoms with van der Waals surface area (Å²) in [6, 6.07) is 2.42. The highest BCUT2D eigenvalue weighted by Crippen LogP contribution is 2.22. The van der Waals surface area contributed by atoms with Crippen LogP contribution >= 0.6 is 0 Å². The third-order valence-corrected chi connectivity index (χ3v) is 5.05. The Balaban J connectivity index is 2.33. The molecule has 3 nitrogen and oxygen atoms in total. The lowest BCUT2D eigenvalue weighted by atomic mass is 9.99. The Labute approximate surface area is 152 Å². The second-order valence-corrected chi connectivity index (χ2v) is 6.97. The first-order chi connectivity index (χ1) is 12.5. The van der Waals surface area contributed by atoms with Crippen LogP contribution in [0.5, 0.6) is 0 Å².